The summed E-state index contributed by atoms with van der Waals surface area (Å²) < 4.78 is 14.5. The molecule has 1 unspecified atom stereocenters. The Balaban J connectivity index is 1.01. The molecule has 1 fully saturated rings. The number of aliphatic hydroxyl groups excluding tert-OH is 1. The number of aryl methyl sites for hydroxylation is 2. The number of methoxy groups -OCH3 is 1. The molecular formula is C45H48N4O4Si. The Bertz CT molecular complexity index is 2250. The van der Waals surface area contributed by atoms with Gasteiger partial charge in [-0.1, -0.05) is 109 Å². The molecule has 54 heavy (non-hydrogen) atoms. The first-order chi connectivity index (χ1) is 26.3. The summed E-state index contributed by atoms with van der Waals surface area (Å²) >= 11 is 0. The van der Waals surface area contributed by atoms with Gasteiger partial charge in [0.25, 0.3) is 5.91 Å². The SMILES string of the molecule is COc1ccc([Si](C)(C)[C@@H]2[C@@H](C)[C@@H](CCc3cccc(N4C(=O)c5cccc6cccc4c56)c3)O[C@H]2CCn2cc(C(CO)c3ccccc3)nn2)cc1. The van der Waals surface area contributed by atoms with Crippen LogP contribution in [0.25, 0.3) is 10.8 Å². The van der Waals surface area contributed by atoms with Crippen molar-refractivity contribution in [1.29, 1.82) is 0 Å². The van der Waals surface area contributed by atoms with Gasteiger partial charge in [0.2, 0.25) is 0 Å². The van der Waals surface area contributed by atoms with Gasteiger partial charge in [0.1, 0.15) is 5.75 Å². The van der Waals surface area contributed by atoms with Crippen LogP contribution in [0.4, 0.5) is 11.4 Å². The fourth-order valence-electron chi connectivity index (χ4n) is 9.15. The van der Waals surface area contributed by atoms with Crippen molar-refractivity contribution < 1.29 is 19.4 Å². The molecule has 0 radical (unpaired) electrons. The van der Waals surface area contributed by atoms with E-state index in [1.165, 1.54) is 10.8 Å². The average molecular weight is 737 g/mol. The first-order valence-electron chi connectivity index (χ1n) is 19.1. The van der Waals surface area contributed by atoms with Gasteiger partial charge in [-0.2, -0.15) is 0 Å². The summed E-state index contributed by atoms with van der Waals surface area (Å²) in [7, 11) is -0.341. The second kappa shape index (κ2) is 15.0. The minimum Gasteiger partial charge on any atom is -0.497 e. The molecule has 0 aliphatic carbocycles. The van der Waals surface area contributed by atoms with Crippen LogP contribution in [0.15, 0.2) is 121 Å². The van der Waals surface area contributed by atoms with Crippen LogP contribution in [-0.4, -0.2) is 60.0 Å². The zero-order valence-electron chi connectivity index (χ0n) is 31.4. The number of nitrogens with zero attached hydrogens (tertiary/aromatic N) is 4. The highest BCUT2D eigenvalue weighted by Gasteiger charge is 2.50. The average Bonchev–Trinajstić information content (AvgIpc) is 3.88. The van der Waals surface area contributed by atoms with Gasteiger partial charge in [-0.05, 0) is 83.6 Å². The normalized spacial score (nSPS) is 20.2. The standard InChI is InChI=1S/C45H48N4O4Si/c1-30-41(24-19-31-11-8-16-34(27-31)49-40-18-10-15-33-14-9-17-37(43(33)40)45(49)51)53-42(44(30)54(3,4)36-22-20-35(52-2)21-23-36)25-26-48-28-39(46-47-48)38(29-50)32-12-6-5-7-13-32/h5-18,20-23,27-28,30,38,41-42,44,50H,19,24-26,29H2,1-4H3/t30-,38?,41+,42-,44+/m0/s1. The van der Waals surface area contributed by atoms with Crippen molar-refractivity contribution in [3.8, 4) is 5.75 Å². The van der Waals surface area contributed by atoms with Crippen molar-refractivity contribution in [2.75, 3.05) is 18.6 Å². The van der Waals surface area contributed by atoms with E-state index in [1.54, 1.807) is 7.11 Å². The first-order valence-corrected chi connectivity index (χ1v) is 22.2. The van der Waals surface area contributed by atoms with E-state index in [1.807, 2.05) is 76.4 Å². The number of hydrogen-bond donors (Lipinski definition) is 1. The summed E-state index contributed by atoms with van der Waals surface area (Å²) in [5, 5.41) is 22.7. The predicted octanol–water partition coefficient (Wildman–Crippen LogP) is 8.27. The highest BCUT2D eigenvalue weighted by atomic mass is 28.3. The summed E-state index contributed by atoms with van der Waals surface area (Å²) in [4.78, 5) is 15.5. The maximum Gasteiger partial charge on any atom is 0.263 e. The van der Waals surface area contributed by atoms with Gasteiger partial charge in [0.15, 0.2) is 0 Å². The van der Waals surface area contributed by atoms with Crippen molar-refractivity contribution in [2.24, 2.45) is 5.92 Å². The molecule has 5 aromatic carbocycles. The molecule has 2 aliphatic heterocycles. The Hall–Kier alpha value is -5.09. The predicted molar refractivity (Wildman–Crippen MR) is 217 cm³/mol. The maximum absolute atomic E-state index is 13.7. The molecule has 8 nitrogen and oxygen atoms in total. The maximum atomic E-state index is 13.7. The van der Waals surface area contributed by atoms with Gasteiger partial charge in [0, 0.05) is 23.8 Å². The molecule has 0 saturated carbocycles. The van der Waals surface area contributed by atoms with E-state index in [0.29, 0.717) is 18.0 Å². The molecule has 276 valence electrons. The summed E-state index contributed by atoms with van der Waals surface area (Å²) in [6, 6.07) is 39.2. The fourth-order valence-corrected chi connectivity index (χ4v) is 13.3. The summed E-state index contributed by atoms with van der Waals surface area (Å²) in [5.74, 6) is 1.02. The third-order valence-corrected chi connectivity index (χ3v) is 16.3. The second-order valence-electron chi connectivity index (χ2n) is 15.4. The van der Waals surface area contributed by atoms with Gasteiger partial charge in [-0.15, -0.1) is 5.10 Å². The zero-order valence-corrected chi connectivity index (χ0v) is 32.4. The monoisotopic (exact) mass is 736 g/mol. The Morgan fingerprint density at radius 1 is 0.889 bits per heavy atom. The number of carbonyl (C=O) groups is 1. The number of carbonyl (C=O) groups excluding carboxylic acids is 1. The minimum atomic E-state index is -2.05. The van der Waals surface area contributed by atoms with Crippen LogP contribution in [0.3, 0.4) is 0 Å². The number of aromatic nitrogens is 3. The van der Waals surface area contributed by atoms with Crippen LogP contribution < -0.4 is 14.8 Å². The zero-order chi connectivity index (χ0) is 37.4. The van der Waals surface area contributed by atoms with Crippen LogP contribution in [0.5, 0.6) is 5.75 Å². The molecule has 2 aliphatic rings. The second-order valence-corrected chi connectivity index (χ2v) is 20.1. The van der Waals surface area contributed by atoms with E-state index < -0.39 is 8.07 Å². The molecule has 3 heterocycles. The third kappa shape index (κ3) is 6.65. The summed E-state index contributed by atoms with van der Waals surface area (Å²) in [6.07, 6.45) is 4.66. The lowest BCUT2D eigenvalue weighted by Crippen LogP contribution is -2.50. The number of anilines is 2. The van der Waals surface area contributed by atoms with E-state index in [-0.39, 0.29) is 30.6 Å². The van der Waals surface area contributed by atoms with Crippen molar-refractivity contribution in [3.05, 3.63) is 144 Å². The molecule has 1 N–H and O–H groups in total. The highest BCUT2D eigenvalue weighted by Crippen LogP contribution is 2.47. The summed E-state index contributed by atoms with van der Waals surface area (Å²) in [6.45, 7) is 7.98. The van der Waals surface area contributed by atoms with Crippen LogP contribution in [0.1, 0.15) is 52.9 Å². The quantitative estimate of drug-likeness (QED) is 0.120. The molecule has 8 rings (SSSR count). The van der Waals surface area contributed by atoms with Crippen molar-refractivity contribution in [3.63, 3.8) is 0 Å². The van der Waals surface area contributed by atoms with E-state index in [2.05, 4.69) is 84.9 Å². The number of amides is 1. The Morgan fingerprint density at radius 2 is 1.65 bits per heavy atom. The molecule has 5 atom stereocenters. The van der Waals surface area contributed by atoms with Gasteiger partial charge in [-0.3, -0.25) is 14.4 Å². The molecule has 0 spiro atoms. The largest absolute Gasteiger partial charge is 0.497 e. The lowest BCUT2D eigenvalue weighted by Gasteiger charge is -2.36. The number of hydrogen-bond acceptors (Lipinski definition) is 6. The number of rotatable bonds is 13. The van der Waals surface area contributed by atoms with E-state index in [0.717, 1.165) is 64.0 Å². The smallest absolute Gasteiger partial charge is 0.263 e. The van der Waals surface area contributed by atoms with Gasteiger partial charge in [0.05, 0.1) is 56.9 Å². The number of aliphatic hydroxyl groups is 1. The van der Waals surface area contributed by atoms with Crippen molar-refractivity contribution in [2.45, 2.75) is 69.5 Å². The minimum absolute atomic E-state index is 0.0227. The lowest BCUT2D eigenvalue weighted by atomic mass is 9.95. The Labute approximate surface area is 318 Å². The summed E-state index contributed by atoms with van der Waals surface area (Å²) in [5.41, 5.74) is 5.96. The molecule has 0 bridgehead atoms. The highest BCUT2D eigenvalue weighted by molar-refractivity contribution is 6.91. The van der Waals surface area contributed by atoms with Gasteiger partial charge < -0.3 is 14.6 Å². The molecule has 1 amide bonds. The Kier molecular flexibility index (Phi) is 9.96. The Morgan fingerprint density at radius 3 is 2.41 bits per heavy atom. The van der Waals surface area contributed by atoms with Gasteiger partial charge in [-0.25, -0.2) is 0 Å². The topological polar surface area (TPSA) is 89.7 Å². The molecule has 1 saturated heterocycles. The van der Waals surface area contributed by atoms with Crippen LogP contribution in [0.2, 0.25) is 18.6 Å². The molecule has 6 aromatic rings. The number of ether oxygens (including phenoxy) is 2. The van der Waals surface area contributed by atoms with Crippen molar-refractivity contribution >= 4 is 41.3 Å². The van der Waals surface area contributed by atoms with E-state index >= 15 is 0 Å². The van der Waals surface area contributed by atoms with E-state index in [9.17, 15) is 9.90 Å². The lowest BCUT2D eigenvalue weighted by molar-refractivity contribution is 0.0249. The first kappa shape index (κ1) is 35.9. The van der Waals surface area contributed by atoms with Crippen molar-refractivity contribution in [1.82, 2.24) is 15.0 Å². The molecule has 9 heteroatoms. The fraction of sp³-hybridized carbons (Fsp3) is 0.311. The third-order valence-electron chi connectivity index (χ3n) is 12.0. The molecule has 1 aromatic heterocycles. The molecular weight excluding hydrogens is 689 g/mol. The number of benzene rings is 5. The van der Waals surface area contributed by atoms with Crippen LogP contribution in [-0.2, 0) is 17.7 Å². The van der Waals surface area contributed by atoms with Crippen LogP contribution in [0, 0.1) is 5.92 Å². The van der Waals surface area contributed by atoms with Gasteiger partial charge >= 0.3 is 0 Å². The van der Waals surface area contributed by atoms with E-state index in [4.69, 9.17) is 9.47 Å². The van der Waals surface area contributed by atoms with Crippen LogP contribution >= 0.6 is 0 Å².